The molecule has 0 spiro atoms. The molecule has 0 fully saturated rings. The van der Waals surface area contributed by atoms with Gasteiger partial charge in [0.1, 0.15) is 6.61 Å². The summed E-state index contributed by atoms with van der Waals surface area (Å²) in [5.74, 6) is 0.612. The van der Waals surface area contributed by atoms with Crippen LogP contribution in [0.15, 0.2) is 16.7 Å². The van der Waals surface area contributed by atoms with Crippen LogP contribution in [0.4, 0.5) is 0 Å². The minimum atomic E-state index is 0.495. The Bertz CT molecular complexity index is 265. The molecule has 0 atom stereocenters. The second-order valence-corrected chi connectivity index (χ2v) is 3.18. The van der Waals surface area contributed by atoms with Gasteiger partial charge in [-0.25, -0.2) is 4.98 Å². The first kappa shape index (κ1) is 9.48. The molecule has 1 aromatic heterocycles. The summed E-state index contributed by atoms with van der Waals surface area (Å²) in [4.78, 5) is 4.05. The Kier molecular flexibility index (Phi) is 3.49. The first-order valence-corrected chi connectivity index (χ1v) is 4.49. The molecule has 0 bridgehead atoms. The smallest absolute Gasteiger partial charge is 0.228 e. The number of rotatable bonds is 3. The zero-order valence-electron chi connectivity index (χ0n) is 6.88. The molecule has 12 heavy (non-hydrogen) atoms. The van der Waals surface area contributed by atoms with E-state index in [-0.39, 0.29) is 0 Å². The topological polar surface area (TPSA) is 48.1 Å². The molecule has 0 saturated heterocycles. The first-order valence-electron chi connectivity index (χ1n) is 3.69. The molecule has 0 unspecified atom stereocenters. The molecule has 0 amide bonds. The second-order valence-electron chi connectivity index (χ2n) is 2.38. The van der Waals surface area contributed by atoms with E-state index < -0.39 is 0 Å². The highest BCUT2D eigenvalue weighted by Crippen LogP contribution is 2.24. The summed E-state index contributed by atoms with van der Waals surface area (Å²) in [5, 5.41) is 0. The molecule has 3 nitrogen and oxygen atoms in total. The molecular formula is C8H11BrN2O. The Hall–Kier alpha value is -0.610. The van der Waals surface area contributed by atoms with Gasteiger partial charge >= 0.3 is 0 Å². The number of ether oxygens (including phenoxy) is 1. The normalized spacial score (nSPS) is 9.92. The van der Waals surface area contributed by atoms with Crippen molar-refractivity contribution in [3.63, 3.8) is 0 Å². The average Bonchev–Trinajstić information content (AvgIpc) is 2.08. The highest BCUT2D eigenvalue weighted by molar-refractivity contribution is 9.10. The van der Waals surface area contributed by atoms with E-state index in [4.69, 9.17) is 10.5 Å². The predicted molar refractivity (Wildman–Crippen MR) is 51.2 cm³/mol. The lowest BCUT2D eigenvalue weighted by Crippen LogP contribution is -2.11. The fourth-order valence-electron chi connectivity index (χ4n) is 0.772. The van der Waals surface area contributed by atoms with Gasteiger partial charge in [-0.3, -0.25) is 0 Å². The van der Waals surface area contributed by atoms with Crippen molar-refractivity contribution in [3.8, 4) is 5.88 Å². The summed E-state index contributed by atoms with van der Waals surface area (Å²) in [6.07, 6.45) is 1.71. The SMILES string of the molecule is Cc1ccnc(OCCN)c1Br. The van der Waals surface area contributed by atoms with Crippen molar-refractivity contribution in [2.24, 2.45) is 5.73 Å². The van der Waals surface area contributed by atoms with E-state index in [9.17, 15) is 0 Å². The van der Waals surface area contributed by atoms with Crippen LogP contribution in [0.25, 0.3) is 0 Å². The van der Waals surface area contributed by atoms with Gasteiger partial charge in [0.05, 0.1) is 4.47 Å². The van der Waals surface area contributed by atoms with E-state index in [2.05, 4.69) is 20.9 Å². The molecule has 0 aromatic carbocycles. The number of aryl methyl sites for hydroxylation is 1. The lowest BCUT2D eigenvalue weighted by molar-refractivity contribution is 0.313. The molecule has 66 valence electrons. The van der Waals surface area contributed by atoms with Crippen molar-refractivity contribution < 1.29 is 4.74 Å². The molecule has 0 aliphatic heterocycles. The van der Waals surface area contributed by atoms with E-state index in [1.807, 2.05) is 13.0 Å². The van der Waals surface area contributed by atoms with Crippen LogP contribution in [0, 0.1) is 6.92 Å². The summed E-state index contributed by atoms with van der Waals surface area (Å²) in [5.41, 5.74) is 6.40. The van der Waals surface area contributed by atoms with Crippen LogP contribution in [-0.2, 0) is 0 Å². The fourth-order valence-corrected chi connectivity index (χ4v) is 1.12. The summed E-state index contributed by atoms with van der Waals surface area (Å²) < 4.78 is 6.19. The zero-order valence-corrected chi connectivity index (χ0v) is 8.47. The monoisotopic (exact) mass is 230 g/mol. The number of hydrogen-bond acceptors (Lipinski definition) is 3. The van der Waals surface area contributed by atoms with Gasteiger partial charge in [-0.1, -0.05) is 0 Å². The Morgan fingerprint density at radius 3 is 3.08 bits per heavy atom. The van der Waals surface area contributed by atoms with E-state index in [1.54, 1.807) is 6.20 Å². The number of pyridine rings is 1. The van der Waals surface area contributed by atoms with Crippen LogP contribution < -0.4 is 10.5 Å². The molecule has 4 heteroatoms. The number of hydrogen-bond donors (Lipinski definition) is 1. The minimum Gasteiger partial charge on any atom is -0.476 e. The lowest BCUT2D eigenvalue weighted by Gasteiger charge is -2.06. The third kappa shape index (κ3) is 2.19. The lowest BCUT2D eigenvalue weighted by atomic mass is 10.3. The zero-order chi connectivity index (χ0) is 8.97. The largest absolute Gasteiger partial charge is 0.476 e. The van der Waals surface area contributed by atoms with Crippen molar-refractivity contribution in [1.29, 1.82) is 0 Å². The van der Waals surface area contributed by atoms with Crippen LogP contribution in [0.3, 0.4) is 0 Å². The summed E-state index contributed by atoms with van der Waals surface area (Å²) in [6.45, 7) is 2.98. The highest BCUT2D eigenvalue weighted by Gasteiger charge is 2.03. The molecule has 0 aliphatic carbocycles. The third-order valence-corrected chi connectivity index (χ3v) is 2.37. The second kappa shape index (κ2) is 4.42. The molecule has 0 radical (unpaired) electrons. The number of halogens is 1. The summed E-state index contributed by atoms with van der Waals surface area (Å²) >= 11 is 3.38. The van der Waals surface area contributed by atoms with Gasteiger partial charge < -0.3 is 10.5 Å². The number of nitrogens with two attached hydrogens (primary N) is 1. The minimum absolute atomic E-state index is 0.495. The van der Waals surface area contributed by atoms with Crippen LogP contribution >= 0.6 is 15.9 Å². The van der Waals surface area contributed by atoms with Crippen molar-refractivity contribution in [2.45, 2.75) is 6.92 Å². The van der Waals surface area contributed by atoms with Crippen molar-refractivity contribution >= 4 is 15.9 Å². The van der Waals surface area contributed by atoms with Crippen LogP contribution in [0.1, 0.15) is 5.56 Å². The van der Waals surface area contributed by atoms with E-state index in [0.29, 0.717) is 19.0 Å². The van der Waals surface area contributed by atoms with Gasteiger partial charge in [-0.05, 0) is 34.5 Å². The molecule has 1 heterocycles. The molecule has 2 N–H and O–H groups in total. The Morgan fingerprint density at radius 2 is 2.42 bits per heavy atom. The van der Waals surface area contributed by atoms with Crippen LogP contribution in [0.2, 0.25) is 0 Å². The number of nitrogens with zero attached hydrogens (tertiary/aromatic N) is 1. The molecule has 0 aliphatic rings. The van der Waals surface area contributed by atoms with Gasteiger partial charge in [0, 0.05) is 12.7 Å². The average molecular weight is 231 g/mol. The number of aromatic nitrogens is 1. The van der Waals surface area contributed by atoms with Gasteiger partial charge in [-0.2, -0.15) is 0 Å². The standard InChI is InChI=1S/C8H11BrN2O/c1-6-2-4-11-8(7(6)9)12-5-3-10/h2,4H,3,5,10H2,1H3. The maximum atomic E-state index is 5.30. The summed E-state index contributed by atoms with van der Waals surface area (Å²) in [7, 11) is 0. The molecule has 1 rings (SSSR count). The van der Waals surface area contributed by atoms with Crippen molar-refractivity contribution in [1.82, 2.24) is 4.98 Å². The van der Waals surface area contributed by atoms with E-state index >= 15 is 0 Å². The van der Waals surface area contributed by atoms with Gasteiger partial charge in [0.2, 0.25) is 5.88 Å². The highest BCUT2D eigenvalue weighted by atomic mass is 79.9. The fraction of sp³-hybridized carbons (Fsp3) is 0.375. The molecular weight excluding hydrogens is 220 g/mol. The van der Waals surface area contributed by atoms with Crippen molar-refractivity contribution in [3.05, 3.63) is 22.3 Å². The van der Waals surface area contributed by atoms with E-state index in [0.717, 1.165) is 10.0 Å². The van der Waals surface area contributed by atoms with E-state index in [1.165, 1.54) is 0 Å². The maximum Gasteiger partial charge on any atom is 0.228 e. The Labute approximate surface area is 80.1 Å². The van der Waals surface area contributed by atoms with Gasteiger partial charge in [0.25, 0.3) is 0 Å². The van der Waals surface area contributed by atoms with Crippen LogP contribution in [0.5, 0.6) is 5.88 Å². The first-order chi connectivity index (χ1) is 5.75. The quantitative estimate of drug-likeness (QED) is 0.857. The van der Waals surface area contributed by atoms with Crippen molar-refractivity contribution in [2.75, 3.05) is 13.2 Å². The van der Waals surface area contributed by atoms with Gasteiger partial charge in [0.15, 0.2) is 0 Å². The van der Waals surface area contributed by atoms with Gasteiger partial charge in [-0.15, -0.1) is 0 Å². The predicted octanol–water partition coefficient (Wildman–Crippen LogP) is 1.49. The Morgan fingerprint density at radius 1 is 1.67 bits per heavy atom. The molecule has 0 saturated carbocycles. The molecule has 1 aromatic rings. The van der Waals surface area contributed by atoms with Crippen LogP contribution in [-0.4, -0.2) is 18.1 Å². The maximum absolute atomic E-state index is 5.30. The summed E-state index contributed by atoms with van der Waals surface area (Å²) in [6, 6.07) is 1.92. The third-order valence-electron chi connectivity index (χ3n) is 1.41. The Balaban J connectivity index is 2.78.